The summed E-state index contributed by atoms with van der Waals surface area (Å²) in [5, 5.41) is 6.57. The molecule has 0 saturated heterocycles. The Morgan fingerprint density at radius 3 is 2.81 bits per heavy atom. The van der Waals surface area contributed by atoms with E-state index in [-0.39, 0.29) is 0 Å². The lowest BCUT2D eigenvalue weighted by Gasteiger charge is -2.11. The first-order valence-corrected chi connectivity index (χ1v) is 8.76. The number of hydrogen-bond donors (Lipinski definition) is 2. The van der Waals surface area contributed by atoms with Crippen LogP contribution in [0.5, 0.6) is 0 Å². The van der Waals surface area contributed by atoms with Gasteiger partial charge in [0, 0.05) is 38.1 Å². The maximum Gasteiger partial charge on any atom is 0.191 e. The minimum absolute atomic E-state index is 0.562. The maximum absolute atomic E-state index is 5.34. The van der Waals surface area contributed by atoms with Crippen molar-refractivity contribution in [3.63, 3.8) is 0 Å². The number of rotatable bonds is 7. The number of guanidine groups is 1. The van der Waals surface area contributed by atoms with E-state index in [1.54, 1.807) is 12.5 Å². The largest absolute Gasteiger partial charge is 0.469 e. The van der Waals surface area contributed by atoms with E-state index in [0.717, 1.165) is 48.4 Å². The minimum Gasteiger partial charge on any atom is -0.469 e. The Morgan fingerprint density at radius 1 is 1.23 bits per heavy atom. The fraction of sp³-hybridized carbons (Fsp3) is 0.316. The van der Waals surface area contributed by atoms with Crippen molar-refractivity contribution in [1.82, 2.24) is 25.2 Å². The first-order chi connectivity index (χ1) is 12.8. The molecule has 0 saturated carbocycles. The second-order valence-electron chi connectivity index (χ2n) is 5.82. The molecule has 26 heavy (non-hydrogen) atoms. The van der Waals surface area contributed by atoms with E-state index < -0.39 is 0 Å². The van der Waals surface area contributed by atoms with Crippen molar-refractivity contribution in [3.8, 4) is 5.82 Å². The highest BCUT2D eigenvalue weighted by Crippen LogP contribution is 2.09. The molecule has 136 valence electrons. The highest BCUT2D eigenvalue weighted by molar-refractivity contribution is 5.79. The van der Waals surface area contributed by atoms with Crippen molar-refractivity contribution >= 4 is 5.96 Å². The number of pyridine rings is 1. The second-order valence-corrected chi connectivity index (χ2v) is 5.82. The Kier molecular flexibility index (Phi) is 6.03. The molecule has 0 aliphatic heterocycles. The summed E-state index contributed by atoms with van der Waals surface area (Å²) >= 11 is 0. The Balaban J connectivity index is 1.57. The topological polar surface area (TPSA) is 80.3 Å². The van der Waals surface area contributed by atoms with Gasteiger partial charge in [-0.3, -0.25) is 4.57 Å². The van der Waals surface area contributed by atoms with Gasteiger partial charge in [0.25, 0.3) is 0 Å². The van der Waals surface area contributed by atoms with Gasteiger partial charge in [0.2, 0.25) is 0 Å². The van der Waals surface area contributed by atoms with Crippen LogP contribution in [0.1, 0.15) is 24.1 Å². The summed E-state index contributed by atoms with van der Waals surface area (Å²) in [6.45, 7) is 6.14. The molecule has 0 aliphatic carbocycles. The average molecular weight is 352 g/mol. The zero-order valence-electron chi connectivity index (χ0n) is 15.1. The van der Waals surface area contributed by atoms with Gasteiger partial charge in [0.15, 0.2) is 5.96 Å². The third kappa shape index (κ3) is 4.72. The number of hydrogen-bond acceptors (Lipinski definition) is 4. The molecular formula is C19H24N6O. The maximum atomic E-state index is 5.34. The van der Waals surface area contributed by atoms with Crippen molar-refractivity contribution in [2.24, 2.45) is 4.99 Å². The smallest absolute Gasteiger partial charge is 0.191 e. The molecule has 0 aromatic carbocycles. The Labute approximate surface area is 153 Å². The summed E-state index contributed by atoms with van der Waals surface area (Å²) in [5.41, 5.74) is 1.05. The summed E-state index contributed by atoms with van der Waals surface area (Å²) in [6.07, 6.45) is 8.03. The molecule has 7 heteroatoms. The van der Waals surface area contributed by atoms with Crippen molar-refractivity contribution in [2.75, 3.05) is 13.1 Å². The number of aromatic nitrogens is 3. The number of aliphatic imine (C=N–C) groups is 1. The first-order valence-electron chi connectivity index (χ1n) is 8.76. The van der Waals surface area contributed by atoms with E-state index >= 15 is 0 Å². The van der Waals surface area contributed by atoms with Crippen LogP contribution in [0.2, 0.25) is 0 Å². The molecule has 3 aromatic rings. The van der Waals surface area contributed by atoms with E-state index in [0.29, 0.717) is 6.54 Å². The number of imidazole rings is 1. The van der Waals surface area contributed by atoms with Crippen LogP contribution in [0.15, 0.2) is 58.5 Å². The van der Waals surface area contributed by atoms with Gasteiger partial charge in [-0.25, -0.2) is 15.0 Å². The summed E-state index contributed by atoms with van der Waals surface area (Å²) in [6, 6.07) is 7.89. The van der Waals surface area contributed by atoms with Crippen LogP contribution in [0.4, 0.5) is 0 Å². The standard InChI is InChI=1S/C19H24N6O/c1-3-20-19(22-9-8-17-5-4-12-26-17)24-14-16-6-7-18(23-13-16)25-11-10-21-15(25)2/h4-7,10-13H,3,8-9,14H2,1-2H3,(H2,20,22,24). The fourth-order valence-corrected chi connectivity index (χ4v) is 2.54. The highest BCUT2D eigenvalue weighted by Gasteiger charge is 2.03. The molecule has 0 unspecified atom stereocenters. The quantitative estimate of drug-likeness (QED) is 0.504. The number of nitrogens with one attached hydrogen (secondary N) is 2. The molecule has 7 nitrogen and oxygen atoms in total. The zero-order chi connectivity index (χ0) is 18.2. The van der Waals surface area contributed by atoms with Gasteiger partial charge < -0.3 is 15.1 Å². The van der Waals surface area contributed by atoms with Gasteiger partial charge >= 0.3 is 0 Å². The van der Waals surface area contributed by atoms with Crippen LogP contribution in [0.25, 0.3) is 5.82 Å². The van der Waals surface area contributed by atoms with Crippen LogP contribution < -0.4 is 10.6 Å². The van der Waals surface area contributed by atoms with E-state index in [1.807, 2.05) is 55.1 Å². The van der Waals surface area contributed by atoms with Crippen molar-refractivity contribution in [2.45, 2.75) is 26.8 Å². The van der Waals surface area contributed by atoms with E-state index in [1.165, 1.54) is 0 Å². The number of aryl methyl sites for hydroxylation is 1. The van der Waals surface area contributed by atoms with Crippen LogP contribution >= 0.6 is 0 Å². The predicted octanol–water partition coefficient (Wildman–Crippen LogP) is 2.47. The normalized spacial score (nSPS) is 11.5. The third-order valence-electron chi connectivity index (χ3n) is 3.89. The Morgan fingerprint density at radius 2 is 2.15 bits per heavy atom. The molecule has 0 radical (unpaired) electrons. The molecule has 0 amide bonds. The monoisotopic (exact) mass is 352 g/mol. The van der Waals surface area contributed by atoms with E-state index in [9.17, 15) is 0 Å². The molecule has 0 atom stereocenters. The van der Waals surface area contributed by atoms with Crippen LogP contribution in [0.3, 0.4) is 0 Å². The Hall–Kier alpha value is -3.09. The fourth-order valence-electron chi connectivity index (χ4n) is 2.54. The minimum atomic E-state index is 0.562. The number of furan rings is 1. The lowest BCUT2D eigenvalue weighted by atomic mass is 10.3. The van der Waals surface area contributed by atoms with Crippen LogP contribution in [0, 0.1) is 6.92 Å². The first kappa shape index (κ1) is 17.7. The van der Waals surface area contributed by atoms with Crippen LogP contribution in [-0.4, -0.2) is 33.6 Å². The van der Waals surface area contributed by atoms with Gasteiger partial charge in [0.05, 0.1) is 12.8 Å². The SMILES string of the molecule is CCNC(=NCc1ccc(-n2ccnc2C)nc1)NCCc1ccco1. The molecule has 0 fully saturated rings. The lowest BCUT2D eigenvalue weighted by Crippen LogP contribution is -2.38. The van der Waals surface area contributed by atoms with E-state index in [4.69, 9.17) is 4.42 Å². The molecule has 2 N–H and O–H groups in total. The van der Waals surface area contributed by atoms with Gasteiger partial charge in [-0.1, -0.05) is 6.07 Å². The predicted molar refractivity (Wildman–Crippen MR) is 101 cm³/mol. The Bertz CT molecular complexity index is 820. The van der Waals surface area contributed by atoms with E-state index in [2.05, 4.69) is 25.6 Å². The third-order valence-corrected chi connectivity index (χ3v) is 3.89. The molecule has 3 heterocycles. The van der Waals surface area contributed by atoms with Gasteiger partial charge in [0.1, 0.15) is 17.4 Å². The highest BCUT2D eigenvalue weighted by atomic mass is 16.3. The molecule has 3 aromatic heterocycles. The summed E-state index contributed by atoms with van der Waals surface area (Å²) in [5.74, 6) is 3.52. The van der Waals surface area contributed by atoms with Gasteiger partial charge in [-0.15, -0.1) is 0 Å². The zero-order valence-corrected chi connectivity index (χ0v) is 15.1. The molecular weight excluding hydrogens is 328 g/mol. The summed E-state index contributed by atoms with van der Waals surface area (Å²) in [4.78, 5) is 13.3. The average Bonchev–Trinajstić information content (AvgIpc) is 3.32. The molecule has 0 spiro atoms. The van der Waals surface area contributed by atoms with Gasteiger partial charge in [-0.05, 0) is 37.6 Å². The van der Waals surface area contributed by atoms with Crippen molar-refractivity contribution in [3.05, 3.63) is 66.3 Å². The summed E-state index contributed by atoms with van der Waals surface area (Å²) in [7, 11) is 0. The second kappa shape index (κ2) is 8.84. The van der Waals surface area contributed by atoms with Gasteiger partial charge in [-0.2, -0.15) is 0 Å². The number of nitrogens with zero attached hydrogens (tertiary/aromatic N) is 4. The molecule has 0 bridgehead atoms. The van der Waals surface area contributed by atoms with Crippen molar-refractivity contribution in [1.29, 1.82) is 0 Å². The molecule has 3 rings (SSSR count). The lowest BCUT2D eigenvalue weighted by molar-refractivity contribution is 0.507. The van der Waals surface area contributed by atoms with Crippen molar-refractivity contribution < 1.29 is 4.42 Å². The molecule has 0 aliphatic rings. The van der Waals surface area contributed by atoms with Crippen LogP contribution in [-0.2, 0) is 13.0 Å². The summed E-state index contributed by atoms with van der Waals surface area (Å²) < 4.78 is 7.29.